The summed E-state index contributed by atoms with van der Waals surface area (Å²) in [4.78, 5) is 2.56. The third kappa shape index (κ3) is 6.61. The average Bonchev–Trinajstić information content (AvgIpc) is 3.98. The van der Waals surface area contributed by atoms with Gasteiger partial charge in [-0.3, -0.25) is 0 Å². The maximum Gasteiger partial charge on any atom is 0.0714 e. The highest BCUT2D eigenvalue weighted by Crippen LogP contribution is 2.60. The lowest BCUT2D eigenvalue weighted by Crippen LogP contribution is -2.29. The van der Waals surface area contributed by atoms with E-state index in [1.54, 1.807) is 0 Å². The van der Waals surface area contributed by atoms with Crippen LogP contribution in [0, 0.1) is 0 Å². The third-order valence-electron chi connectivity index (χ3n) is 17.5. The van der Waals surface area contributed by atoms with Crippen LogP contribution in [0.25, 0.3) is 33.4 Å². The Morgan fingerprint density at radius 3 is 0.973 bits per heavy atom. The number of hydrogen-bond acceptors (Lipinski definition) is 1. The van der Waals surface area contributed by atoms with Crippen molar-refractivity contribution in [2.45, 2.75) is 82.5 Å². The van der Waals surface area contributed by atoms with Gasteiger partial charge in [-0.2, -0.15) is 0 Å². The number of nitrogens with zero attached hydrogens (tertiary/aromatic N) is 1. The first kappa shape index (κ1) is 45.8. The molecule has 0 radical (unpaired) electrons. The minimum absolute atomic E-state index is 0.0147. The molecule has 0 saturated carbocycles. The van der Waals surface area contributed by atoms with Crippen molar-refractivity contribution in [3.63, 3.8) is 0 Å². The van der Waals surface area contributed by atoms with Crippen molar-refractivity contribution < 1.29 is 0 Å². The summed E-state index contributed by atoms with van der Waals surface area (Å²) in [6.07, 6.45) is 0. The van der Waals surface area contributed by atoms with Crippen molar-refractivity contribution in [2.75, 3.05) is 4.90 Å². The van der Waals surface area contributed by atoms with E-state index in [-0.39, 0.29) is 21.7 Å². The van der Waals surface area contributed by atoms with E-state index in [0.29, 0.717) is 0 Å². The number of fused-ring (bicyclic) bond motifs is 9. The third-order valence-corrected chi connectivity index (χ3v) is 17.5. The van der Waals surface area contributed by atoms with Gasteiger partial charge in [-0.15, -0.1) is 0 Å². The van der Waals surface area contributed by atoms with Crippen LogP contribution in [0.2, 0.25) is 0 Å². The van der Waals surface area contributed by atoms with Crippen LogP contribution in [0.1, 0.15) is 122 Å². The van der Waals surface area contributed by atoms with Gasteiger partial charge >= 0.3 is 0 Å². The monoisotopic (exact) mass is 953 g/mol. The summed E-state index contributed by atoms with van der Waals surface area (Å²) in [5.41, 5.74) is 25.5. The van der Waals surface area contributed by atoms with Gasteiger partial charge in [0.05, 0.1) is 5.41 Å². The fourth-order valence-electron chi connectivity index (χ4n) is 13.5. The van der Waals surface area contributed by atoms with E-state index in [9.17, 15) is 0 Å². The van der Waals surface area contributed by atoms with E-state index >= 15 is 0 Å². The molecule has 3 aliphatic rings. The summed E-state index contributed by atoms with van der Waals surface area (Å²) < 4.78 is 0. The summed E-state index contributed by atoms with van der Waals surface area (Å²) in [6.45, 7) is 18.7. The molecule has 2 unspecified atom stereocenters. The van der Waals surface area contributed by atoms with Crippen LogP contribution in [-0.2, 0) is 27.1 Å². The molecule has 360 valence electrons. The van der Waals surface area contributed by atoms with Crippen molar-refractivity contribution in [1.82, 2.24) is 0 Å². The second-order valence-corrected chi connectivity index (χ2v) is 23.5. The molecular formula is C73H63N. The molecule has 13 rings (SSSR count). The average molecular weight is 954 g/mol. The van der Waals surface area contributed by atoms with E-state index in [2.05, 4.69) is 297 Å². The Hall–Kier alpha value is -8.00. The fourth-order valence-corrected chi connectivity index (χ4v) is 13.5. The van der Waals surface area contributed by atoms with E-state index in [1.165, 1.54) is 100 Å². The molecule has 2 atom stereocenters. The molecule has 10 aromatic carbocycles. The van der Waals surface area contributed by atoms with Gasteiger partial charge in [0.15, 0.2) is 0 Å². The first-order valence-corrected chi connectivity index (χ1v) is 26.6. The number of hydrogen-bond donors (Lipinski definition) is 0. The molecular weight excluding hydrogens is 891 g/mol. The van der Waals surface area contributed by atoms with E-state index in [0.717, 1.165) is 17.1 Å². The molecule has 3 aliphatic carbocycles. The Labute approximate surface area is 438 Å². The number of benzene rings is 10. The van der Waals surface area contributed by atoms with Crippen LogP contribution in [0.5, 0.6) is 0 Å². The molecule has 0 aromatic heterocycles. The Bertz CT molecular complexity index is 3610. The maximum atomic E-state index is 2.56. The van der Waals surface area contributed by atoms with Crippen LogP contribution in [0.4, 0.5) is 17.1 Å². The first-order valence-electron chi connectivity index (χ1n) is 26.6. The fraction of sp³-hybridized carbons (Fsp3) is 0.178. The van der Waals surface area contributed by atoms with Crippen molar-refractivity contribution in [2.24, 2.45) is 0 Å². The summed E-state index contributed by atoms with van der Waals surface area (Å²) in [7, 11) is 0. The Morgan fingerprint density at radius 2 is 0.581 bits per heavy atom. The lowest BCUT2D eigenvalue weighted by atomic mass is 9.67. The minimum Gasteiger partial charge on any atom is -0.310 e. The van der Waals surface area contributed by atoms with Crippen molar-refractivity contribution in [3.8, 4) is 33.4 Å². The zero-order valence-corrected chi connectivity index (χ0v) is 44.0. The molecule has 0 saturated heterocycles. The smallest absolute Gasteiger partial charge is 0.0714 e. The summed E-state index contributed by atoms with van der Waals surface area (Å²) in [5.74, 6) is 0. The van der Waals surface area contributed by atoms with Crippen LogP contribution >= 0.6 is 0 Å². The summed E-state index contributed by atoms with van der Waals surface area (Å²) in [5, 5.41) is 0. The SMILES string of the molecule is CC(C)(C)c1ccc(C2(c3ccc(C(C)(C)C)cc3)c3ccccc3-c3ccc(N(c4ccc5c(c4)C(C)(c4ccccc4)c4ccccc4-5)c4ccc5c(c4)C(C)(c4ccccc4)c4ccccc4-5)cc32)cc1. The summed E-state index contributed by atoms with van der Waals surface area (Å²) >= 11 is 0. The first-order chi connectivity index (χ1) is 35.7. The minimum atomic E-state index is -0.600. The standard InChI is InChI=1S/C73H63N/c1-69(2,3)48-31-35-52(36-32-48)73(53-37-33-49(34-38-53)70(4,5)6)65-30-20-17-27-59(65)62-44-41-56(47-68(62)73)74(54-39-42-60-57-25-15-18-28-63(57)71(7,66(60)45-54)50-21-11-9-12-22-50)55-40-43-61-58-26-16-19-29-64(58)72(8,67(61)46-55)51-23-13-10-14-24-51/h9-47H,1-8H3. The van der Waals surface area contributed by atoms with Crippen LogP contribution in [0.3, 0.4) is 0 Å². The largest absolute Gasteiger partial charge is 0.310 e. The molecule has 1 nitrogen and oxygen atoms in total. The molecule has 0 amide bonds. The molecule has 1 heteroatoms. The number of anilines is 3. The van der Waals surface area contributed by atoms with Gasteiger partial charge in [-0.05, 0) is 161 Å². The Kier molecular flexibility index (Phi) is 10.2. The molecule has 0 N–H and O–H groups in total. The molecule has 0 spiro atoms. The van der Waals surface area contributed by atoms with E-state index in [4.69, 9.17) is 0 Å². The van der Waals surface area contributed by atoms with Crippen LogP contribution in [-0.4, -0.2) is 0 Å². The van der Waals surface area contributed by atoms with Crippen molar-refractivity contribution >= 4 is 17.1 Å². The molecule has 0 heterocycles. The quantitative estimate of drug-likeness (QED) is 0.154. The van der Waals surface area contributed by atoms with Crippen LogP contribution < -0.4 is 4.90 Å². The van der Waals surface area contributed by atoms with Crippen molar-refractivity contribution in [3.05, 3.63) is 303 Å². The normalized spacial score (nSPS) is 17.7. The highest BCUT2D eigenvalue weighted by Gasteiger charge is 2.48. The predicted octanol–water partition coefficient (Wildman–Crippen LogP) is 18.8. The van der Waals surface area contributed by atoms with E-state index < -0.39 is 5.41 Å². The molecule has 0 aliphatic heterocycles. The maximum absolute atomic E-state index is 2.56. The van der Waals surface area contributed by atoms with Gasteiger partial charge in [0, 0.05) is 27.9 Å². The zero-order valence-electron chi connectivity index (χ0n) is 44.0. The highest BCUT2D eigenvalue weighted by atomic mass is 15.1. The second-order valence-electron chi connectivity index (χ2n) is 23.5. The topological polar surface area (TPSA) is 3.24 Å². The van der Waals surface area contributed by atoms with Gasteiger partial charge in [0.1, 0.15) is 0 Å². The lowest BCUT2D eigenvalue weighted by molar-refractivity contribution is 0.588. The molecule has 74 heavy (non-hydrogen) atoms. The Morgan fingerprint density at radius 1 is 0.270 bits per heavy atom. The molecule has 10 aromatic rings. The zero-order chi connectivity index (χ0) is 50.8. The Balaban J connectivity index is 1.09. The summed E-state index contributed by atoms with van der Waals surface area (Å²) in [6, 6.07) is 90.5. The lowest BCUT2D eigenvalue weighted by Gasteiger charge is -2.36. The van der Waals surface area contributed by atoms with Gasteiger partial charge < -0.3 is 4.90 Å². The van der Waals surface area contributed by atoms with Gasteiger partial charge in [-0.25, -0.2) is 0 Å². The second kappa shape index (κ2) is 16.5. The van der Waals surface area contributed by atoms with Gasteiger partial charge in [0.2, 0.25) is 0 Å². The van der Waals surface area contributed by atoms with Crippen LogP contribution in [0.15, 0.2) is 237 Å². The predicted molar refractivity (Wildman–Crippen MR) is 311 cm³/mol. The number of rotatable bonds is 7. The van der Waals surface area contributed by atoms with Crippen molar-refractivity contribution in [1.29, 1.82) is 0 Å². The van der Waals surface area contributed by atoms with Gasteiger partial charge in [-0.1, -0.05) is 242 Å². The van der Waals surface area contributed by atoms with E-state index in [1.807, 2.05) is 0 Å². The molecule has 0 bridgehead atoms. The highest BCUT2D eigenvalue weighted by molar-refractivity contribution is 5.93. The molecule has 0 fully saturated rings. The van der Waals surface area contributed by atoms with Gasteiger partial charge in [0.25, 0.3) is 0 Å².